The molecule has 1 fully saturated rings. The van der Waals surface area contributed by atoms with Crippen LogP contribution < -0.4 is 0 Å². The summed E-state index contributed by atoms with van der Waals surface area (Å²) in [6.45, 7) is 0. The van der Waals surface area contributed by atoms with E-state index < -0.39 is 21.8 Å². The SMILES string of the molecule is C1CCCC1.F[B-](F)(F)F.F[B-](F)(F)F.F[B-](F)(F)F. The molecule has 0 bridgehead atoms. The van der Waals surface area contributed by atoms with Crippen molar-refractivity contribution in [3.05, 3.63) is 0 Å². The van der Waals surface area contributed by atoms with Crippen molar-refractivity contribution < 1.29 is 51.8 Å². The second kappa shape index (κ2) is 11.1. The molecule has 0 atom stereocenters. The lowest BCUT2D eigenvalue weighted by atomic mass is 10.3. The van der Waals surface area contributed by atoms with Crippen molar-refractivity contribution in [3.8, 4) is 0 Å². The lowest BCUT2D eigenvalue weighted by Crippen LogP contribution is -2.02. The average molecular weight is 331 g/mol. The van der Waals surface area contributed by atoms with Crippen LogP contribution in [0.25, 0.3) is 0 Å². The van der Waals surface area contributed by atoms with Crippen LogP contribution in [0.15, 0.2) is 0 Å². The molecule has 1 aliphatic carbocycles. The van der Waals surface area contributed by atoms with E-state index in [0.29, 0.717) is 0 Å². The highest BCUT2D eigenvalue weighted by Gasteiger charge is 2.21. The van der Waals surface area contributed by atoms with Crippen molar-refractivity contribution in [2.45, 2.75) is 32.1 Å². The second-order valence-corrected chi connectivity index (χ2v) is 3.25. The van der Waals surface area contributed by atoms with Crippen LogP contribution in [0.3, 0.4) is 0 Å². The Balaban J connectivity index is -0.000000193. The van der Waals surface area contributed by atoms with Gasteiger partial charge in [0.15, 0.2) is 0 Å². The Morgan fingerprint density at radius 1 is 0.300 bits per heavy atom. The van der Waals surface area contributed by atoms with Crippen LogP contribution in [-0.4, -0.2) is 21.8 Å². The molecule has 0 radical (unpaired) electrons. The van der Waals surface area contributed by atoms with Gasteiger partial charge >= 0.3 is 21.8 Å². The Hall–Kier alpha value is -0.645. The molecule has 1 saturated carbocycles. The molecule has 0 aromatic rings. The van der Waals surface area contributed by atoms with Gasteiger partial charge in [-0.25, -0.2) is 0 Å². The quantitative estimate of drug-likeness (QED) is 0.386. The van der Waals surface area contributed by atoms with Crippen LogP contribution in [0.2, 0.25) is 0 Å². The molecule has 1 rings (SSSR count). The maximum Gasteiger partial charge on any atom is 0.673 e. The van der Waals surface area contributed by atoms with Gasteiger partial charge in [0.1, 0.15) is 0 Å². The van der Waals surface area contributed by atoms with Crippen molar-refractivity contribution in [1.82, 2.24) is 0 Å². The fourth-order valence-electron chi connectivity index (χ4n) is 0.884. The first-order chi connectivity index (χ1) is 8.50. The van der Waals surface area contributed by atoms with Crippen LogP contribution in [0, 0.1) is 0 Å². The van der Waals surface area contributed by atoms with Crippen molar-refractivity contribution in [1.29, 1.82) is 0 Å². The molecule has 0 aromatic carbocycles. The van der Waals surface area contributed by atoms with Gasteiger partial charge in [0, 0.05) is 0 Å². The van der Waals surface area contributed by atoms with E-state index in [4.69, 9.17) is 0 Å². The number of rotatable bonds is 0. The first kappa shape index (κ1) is 24.4. The highest BCUT2D eigenvalue weighted by atomic mass is 19.5. The zero-order valence-corrected chi connectivity index (χ0v) is 9.80. The van der Waals surface area contributed by atoms with Crippen molar-refractivity contribution in [3.63, 3.8) is 0 Å². The maximum absolute atomic E-state index is 9.75. The fraction of sp³-hybridized carbons (Fsp3) is 1.00. The van der Waals surface area contributed by atoms with Gasteiger partial charge in [-0.15, -0.1) is 0 Å². The molecule has 0 saturated heterocycles. The van der Waals surface area contributed by atoms with Crippen molar-refractivity contribution >= 4 is 21.8 Å². The minimum absolute atomic E-state index is 1.50. The van der Waals surface area contributed by atoms with Crippen molar-refractivity contribution in [2.24, 2.45) is 0 Å². The summed E-state index contributed by atoms with van der Waals surface area (Å²) >= 11 is 0. The summed E-state index contributed by atoms with van der Waals surface area (Å²) in [7, 11) is -18.0. The highest BCUT2D eigenvalue weighted by molar-refractivity contribution is 6.50. The van der Waals surface area contributed by atoms with Crippen molar-refractivity contribution in [2.75, 3.05) is 0 Å². The van der Waals surface area contributed by atoms with Crippen LogP contribution in [0.5, 0.6) is 0 Å². The van der Waals surface area contributed by atoms with Crippen LogP contribution in [-0.2, 0) is 0 Å². The molecular weight excluding hydrogens is 320 g/mol. The van der Waals surface area contributed by atoms with Gasteiger partial charge in [0.25, 0.3) is 0 Å². The molecule has 0 unspecified atom stereocenters. The third kappa shape index (κ3) is 245. The zero-order valence-electron chi connectivity index (χ0n) is 9.80. The molecule has 15 heteroatoms. The van der Waals surface area contributed by atoms with Crippen LogP contribution >= 0.6 is 0 Å². The largest absolute Gasteiger partial charge is 0.673 e. The first-order valence-corrected chi connectivity index (χ1v) is 5.12. The summed E-state index contributed by atoms with van der Waals surface area (Å²) in [5.41, 5.74) is 0. The molecule has 0 nitrogen and oxygen atoms in total. The average Bonchev–Trinajstić information content (AvgIpc) is 2.45. The molecule has 126 valence electrons. The molecule has 0 spiro atoms. The predicted octanol–water partition coefficient (Wildman–Crippen LogP) is 5.85. The Bertz CT molecular complexity index is 148. The molecule has 0 heterocycles. The van der Waals surface area contributed by atoms with Gasteiger partial charge in [-0.1, -0.05) is 32.1 Å². The third-order valence-corrected chi connectivity index (χ3v) is 1.25. The van der Waals surface area contributed by atoms with E-state index >= 15 is 0 Å². The summed E-state index contributed by atoms with van der Waals surface area (Å²) in [4.78, 5) is 0. The van der Waals surface area contributed by atoms with Gasteiger partial charge in [-0.2, -0.15) is 0 Å². The monoisotopic (exact) mass is 331 g/mol. The molecular formula is C5H10B3F12-3. The van der Waals surface area contributed by atoms with Gasteiger partial charge < -0.3 is 51.8 Å². The van der Waals surface area contributed by atoms with Gasteiger partial charge in [-0.3, -0.25) is 0 Å². The fourth-order valence-corrected chi connectivity index (χ4v) is 0.884. The minimum Gasteiger partial charge on any atom is -0.418 e. The molecule has 0 N–H and O–H groups in total. The van der Waals surface area contributed by atoms with E-state index in [1.165, 1.54) is 32.1 Å². The van der Waals surface area contributed by atoms with Gasteiger partial charge in [0.2, 0.25) is 0 Å². The maximum atomic E-state index is 9.75. The topological polar surface area (TPSA) is 0 Å². The zero-order chi connectivity index (χ0) is 17.0. The predicted molar refractivity (Wildman–Crippen MR) is 53.6 cm³/mol. The van der Waals surface area contributed by atoms with Gasteiger partial charge in [0.05, 0.1) is 0 Å². The Labute approximate surface area is 107 Å². The Morgan fingerprint density at radius 2 is 0.350 bits per heavy atom. The molecule has 0 amide bonds. The first-order valence-electron chi connectivity index (χ1n) is 5.12. The number of hydrogen-bond donors (Lipinski definition) is 0. The van der Waals surface area contributed by atoms with Crippen LogP contribution in [0.1, 0.15) is 32.1 Å². The smallest absolute Gasteiger partial charge is 0.418 e. The summed E-state index contributed by atoms with van der Waals surface area (Å²) < 4.78 is 117. The van der Waals surface area contributed by atoms with E-state index in [0.717, 1.165) is 0 Å². The lowest BCUT2D eigenvalue weighted by Gasteiger charge is -1.94. The van der Waals surface area contributed by atoms with E-state index in [9.17, 15) is 51.8 Å². The van der Waals surface area contributed by atoms with E-state index in [-0.39, 0.29) is 0 Å². The normalized spacial score (nSPS) is 15.0. The Morgan fingerprint density at radius 3 is 0.400 bits per heavy atom. The van der Waals surface area contributed by atoms with E-state index in [1.807, 2.05) is 0 Å². The molecule has 0 aliphatic heterocycles. The highest BCUT2D eigenvalue weighted by Crippen LogP contribution is 2.15. The molecule has 0 aromatic heterocycles. The summed E-state index contributed by atoms with van der Waals surface area (Å²) in [6.07, 6.45) is 7.50. The summed E-state index contributed by atoms with van der Waals surface area (Å²) in [6, 6.07) is 0. The minimum atomic E-state index is -6.00. The van der Waals surface area contributed by atoms with E-state index in [1.54, 1.807) is 0 Å². The summed E-state index contributed by atoms with van der Waals surface area (Å²) in [5.74, 6) is 0. The Kier molecular flexibility index (Phi) is 13.5. The van der Waals surface area contributed by atoms with E-state index in [2.05, 4.69) is 0 Å². The molecule has 1 aliphatic rings. The summed E-state index contributed by atoms with van der Waals surface area (Å²) in [5, 5.41) is 0. The lowest BCUT2D eigenvalue weighted by molar-refractivity contribution is 0.366. The third-order valence-electron chi connectivity index (χ3n) is 1.25. The van der Waals surface area contributed by atoms with Gasteiger partial charge in [-0.05, 0) is 0 Å². The molecule has 20 heavy (non-hydrogen) atoms. The second-order valence-electron chi connectivity index (χ2n) is 3.25. The number of halogens is 12. The number of hydrogen-bond acceptors (Lipinski definition) is 0. The standard InChI is InChI=1S/C5H10.3BF4/c1-2-4-5-3-1;3*2-1(3,4)5/h1-5H2;;;/q;3*-1. The van der Waals surface area contributed by atoms with Crippen LogP contribution in [0.4, 0.5) is 51.8 Å².